The molecule has 1 nitrogen and oxygen atoms in total. The van der Waals surface area contributed by atoms with Gasteiger partial charge in [0.1, 0.15) is 0 Å². The maximum Gasteiger partial charge on any atom is 0.0569 e. The summed E-state index contributed by atoms with van der Waals surface area (Å²) in [5.41, 5.74) is 2.65. The predicted molar refractivity (Wildman–Crippen MR) is 70.1 cm³/mol. The molecule has 80 valence electrons. The normalized spacial score (nSPS) is 11.1. The molecule has 2 aromatic heterocycles. The fraction of sp³-hybridized carbons (Fsp3) is 0.143. The van der Waals surface area contributed by atoms with Crippen LogP contribution in [0.15, 0.2) is 48.0 Å². The molecular formula is C14H13NS. The van der Waals surface area contributed by atoms with Crippen LogP contribution in [0.4, 0.5) is 0 Å². The average Bonchev–Trinajstić information content (AvgIpc) is 2.90. The molecule has 0 amide bonds. The van der Waals surface area contributed by atoms with E-state index in [9.17, 15) is 0 Å². The molecule has 0 N–H and O–H groups in total. The lowest BCUT2D eigenvalue weighted by atomic mass is 10.2. The molecule has 0 spiro atoms. The van der Waals surface area contributed by atoms with E-state index in [1.54, 1.807) is 0 Å². The van der Waals surface area contributed by atoms with Crippen molar-refractivity contribution in [2.45, 2.75) is 13.5 Å². The van der Waals surface area contributed by atoms with Crippen molar-refractivity contribution in [2.24, 2.45) is 0 Å². The van der Waals surface area contributed by atoms with Gasteiger partial charge in [0.05, 0.1) is 6.54 Å². The highest BCUT2D eigenvalue weighted by molar-refractivity contribution is 7.09. The van der Waals surface area contributed by atoms with Crippen molar-refractivity contribution in [2.75, 3.05) is 0 Å². The van der Waals surface area contributed by atoms with Crippen LogP contribution in [0.1, 0.15) is 10.4 Å². The van der Waals surface area contributed by atoms with Crippen LogP contribution < -0.4 is 0 Å². The second kappa shape index (κ2) is 3.80. The van der Waals surface area contributed by atoms with Crippen molar-refractivity contribution in [3.63, 3.8) is 0 Å². The lowest BCUT2D eigenvalue weighted by Gasteiger charge is -2.03. The summed E-state index contributed by atoms with van der Waals surface area (Å²) in [5, 5.41) is 3.45. The molecule has 0 fully saturated rings. The van der Waals surface area contributed by atoms with E-state index in [-0.39, 0.29) is 0 Å². The molecule has 3 aromatic rings. The summed E-state index contributed by atoms with van der Waals surface area (Å²) in [6.07, 6.45) is 2.17. The Balaban J connectivity index is 2.07. The van der Waals surface area contributed by atoms with Crippen LogP contribution in [0, 0.1) is 6.92 Å². The summed E-state index contributed by atoms with van der Waals surface area (Å²) in [4.78, 5) is 1.40. The number of thiophene rings is 1. The van der Waals surface area contributed by atoms with Gasteiger partial charge in [-0.2, -0.15) is 0 Å². The van der Waals surface area contributed by atoms with Crippen LogP contribution >= 0.6 is 11.3 Å². The number of hydrogen-bond acceptors (Lipinski definition) is 1. The van der Waals surface area contributed by atoms with E-state index < -0.39 is 0 Å². The van der Waals surface area contributed by atoms with Gasteiger partial charge in [0.15, 0.2) is 0 Å². The Morgan fingerprint density at radius 3 is 2.94 bits per heavy atom. The highest BCUT2D eigenvalue weighted by Gasteiger charge is 2.02. The minimum atomic E-state index is 0.977. The largest absolute Gasteiger partial charge is 0.342 e. The summed E-state index contributed by atoms with van der Waals surface area (Å²) in [5.74, 6) is 0. The molecule has 3 rings (SSSR count). The SMILES string of the molecule is Cc1ccc2ccn(Cc3cccs3)c2c1. The van der Waals surface area contributed by atoms with Crippen LogP contribution in [0.5, 0.6) is 0 Å². The molecular weight excluding hydrogens is 214 g/mol. The molecule has 0 radical (unpaired) electrons. The first-order valence-corrected chi connectivity index (χ1v) is 6.29. The number of fused-ring (bicyclic) bond motifs is 1. The third-order valence-corrected chi connectivity index (χ3v) is 3.70. The zero-order valence-electron chi connectivity index (χ0n) is 9.18. The average molecular weight is 227 g/mol. The molecule has 2 heterocycles. The van der Waals surface area contributed by atoms with Gasteiger partial charge >= 0.3 is 0 Å². The second-order valence-electron chi connectivity index (χ2n) is 4.09. The molecule has 0 aliphatic heterocycles. The summed E-state index contributed by atoms with van der Waals surface area (Å²) in [6.45, 7) is 3.12. The smallest absolute Gasteiger partial charge is 0.0569 e. The first-order valence-electron chi connectivity index (χ1n) is 5.41. The fourth-order valence-electron chi connectivity index (χ4n) is 2.00. The summed E-state index contributed by atoms with van der Waals surface area (Å²) >= 11 is 1.81. The van der Waals surface area contributed by atoms with Crippen molar-refractivity contribution in [3.05, 3.63) is 58.4 Å². The quantitative estimate of drug-likeness (QED) is 0.622. The molecule has 0 unspecified atom stereocenters. The van der Waals surface area contributed by atoms with Crippen LogP contribution in [0.2, 0.25) is 0 Å². The third kappa shape index (κ3) is 1.65. The summed E-state index contributed by atoms with van der Waals surface area (Å²) in [6, 6.07) is 13.1. The molecule has 0 atom stereocenters. The van der Waals surface area contributed by atoms with Gasteiger partial charge in [-0.05, 0) is 41.5 Å². The lowest BCUT2D eigenvalue weighted by molar-refractivity contribution is 0.851. The molecule has 0 aliphatic rings. The van der Waals surface area contributed by atoms with Gasteiger partial charge < -0.3 is 4.57 Å². The Kier molecular flexibility index (Phi) is 2.29. The first kappa shape index (κ1) is 9.67. The van der Waals surface area contributed by atoms with Gasteiger partial charge in [0, 0.05) is 16.6 Å². The third-order valence-electron chi connectivity index (χ3n) is 2.84. The Morgan fingerprint density at radius 1 is 1.19 bits per heavy atom. The van der Waals surface area contributed by atoms with E-state index in [0.717, 1.165) is 6.54 Å². The Hall–Kier alpha value is -1.54. The Morgan fingerprint density at radius 2 is 2.12 bits per heavy atom. The van der Waals surface area contributed by atoms with Gasteiger partial charge in [-0.15, -0.1) is 11.3 Å². The molecule has 0 bridgehead atoms. The van der Waals surface area contributed by atoms with Crippen molar-refractivity contribution in [1.29, 1.82) is 0 Å². The van der Waals surface area contributed by atoms with Crippen molar-refractivity contribution in [3.8, 4) is 0 Å². The zero-order valence-corrected chi connectivity index (χ0v) is 10.00. The number of rotatable bonds is 2. The van der Waals surface area contributed by atoms with E-state index in [1.807, 2.05) is 11.3 Å². The summed E-state index contributed by atoms with van der Waals surface area (Å²) < 4.78 is 2.31. The molecule has 0 saturated carbocycles. The van der Waals surface area contributed by atoms with Gasteiger partial charge in [-0.3, -0.25) is 0 Å². The topological polar surface area (TPSA) is 4.93 Å². The van der Waals surface area contributed by atoms with Gasteiger partial charge in [-0.1, -0.05) is 18.2 Å². The van der Waals surface area contributed by atoms with E-state index >= 15 is 0 Å². The van der Waals surface area contributed by atoms with Crippen molar-refractivity contribution in [1.82, 2.24) is 4.57 Å². The number of nitrogens with zero attached hydrogens (tertiary/aromatic N) is 1. The number of aromatic nitrogens is 1. The maximum absolute atomic E-state index is 2.31. The zero-order chi connectivity index (χ0) is 11.0. The first-order chi connectivity index (χ1) is 7.83. The lowest BCUT2D eigenvalue weighted by Crippen LogP contribution is -1.95. The number of hydrogen-bond donors (Lipinski definition) is 0. The number of aryl methyl sites for hydroxylation is 1. The Bertz CT molecular complexity index is 605. The highest BCUT2D eigenvalue weighted by Crippen LogP contribution is 2.20. The van der Waals surface area contributed by atoms with Gasteiger partial charge in [-0.25, -0.2) is 0 Å². The molecule has 16 heavy (non-hydrogen) atoms. The predicted octanol–water partition coefficient (Wildman–Crippen LogP) is 4.06. The minimum Gasteiger partial charge on any atom is -0.342 e. The van der Waals surface area contributed by atoms with Crippen LogP contribution in [-0.2, 0) is 6.54 Å². The fourth-order valence-corrected chi connectivity index (χ4v) is 2.70. The van der Waals surface area contributed by atoms with Crippen LogP contribution in [-0.4, -0.2) is 4.57 Å². The highest BCUT2D eigenvalue weighted by atomic mass is 32.1. The van der Waals surface area contributed by atoms with Gasteiger partial charge in [0.25, 0.3) is 0 Å². The standard InChI is InChI=1S/C14H13NS/c1-11-4-5-12-6-7-15(14(12)9-11)10-13-3-2-8-16-13/h2-9H,10H2,1H3. The van der Waals surface area contributed by atoms with Crippen LogP contribution in [0.25, 0.3) is 10.9 Å². The molecule has 0 saturated heterocycles. The van der Waals surface area contributed by atoms with E-state index in [4.69, 9.17) is 0 Å². The van der Waals surface area contributed by atoms with Crippen molar-refractivity contribution < 1.29 is 0 Å². The molecule has 1 aromatic carbocycles. The van der Waals surface area contributed by atoms with Crippen molar-refractivity contribution >= 4 is 22.2 Å². The molecule has 2 heteroatoms. The van der Waals surface area contributed by atoms with E-state index in [2.05, 4.69) is 59.5 Å². The second-order valence-corrected chi connectivity index (χ2v) is 5.12. The van der Waals surface area contributed by atoms with Gasteiger partial charge in [0.2, 0.25) is 0 Å². The maximum atomic E-state index is 2.31. The van der Waals surface area contributed by atoms with Crippen LogP contribution in [0.3, 0.4) is 0 Å². The Labute approximate surface area is 99.0 Å². The van der Waals surface area contributed by atoms with E-state index in [0.29, 0.717) is 0 Å². The monoisotopic (exact) mass is 227 g/mol. The number of benzene rings is 1. The van der Waals surface area contributed by atoms with E-state index in [1.165, 1.54) is 21.3 Å². The minimum absolute atomic E-state index is 0.977. The molecule has 0 aliphatic carbocycles. The summed E-state index contributed by atoms with van der Waals surface area (Å²) in [7, 11) is 0.